The quantitative estimate of drug-likeness (QED) is 0.143. The lowest BCUT2D eigenvalue weighted by atomic mass is 9.67. The lowest BCUT2D eigenvalue weighted by Crippen LogP contribution is -2.28. The van der Waals surface area contributed by atoms with Crippen LogP contribution in [-0.2, 0) is 29.1 Å². The molecular weight excluding hydrogens is 841 g/mol. The van der Waals surface area contributed by atoms with Crippen molar-refractivity contribution in [1.82, 2.24) is 0 Å². The van der Waals surface area contributed by atoms with E-state index >= 15 is 0 Å². The molecule has 0 amide bonds. The Bertz CT molecular complexity index is 3600. The highest BCUT2D eigenvalue weighted by molar-refractivity contribution is 5.89. The van der Waals surface area contributed by atoms with Gasteiger partial charge in [0, 0.05) is 5.41 Å². The molecule has 70 heavy (non-hydrogen) atoms. The zero-order valence-electron chi connectivity index (χ0n) is 39.7. The maximum absolute atomic E-state index is 2.50. The van der Waals surface area contributed by atoms with E-state index in [1.165, 1.54) is 119 Å². The third kappa shape index (κ3) is 5.83. The van der Waals surface area contributed by atoms with Gasteiger partial charge >= 0.3 is 0 Å². The molecule has 10 aromatic rings. The fourth-order valence-electron chi connectivity index (χ4n) is 14.5. The molecule has 0 aliphatic heterocycles. The van der Waals surface area contributed by atoms with Crippen molar-refractivity contribution in [2.45, 2.75) is 55.3 Å². The van der Waals surface area contributed by atoms with Crippen LogP contribution in [0.2, 0.25) is 0 Å². The van der Waals surface area contributed by atoms with Crippen LogP contribution < -0.4 is 0 Å². The molecule has 0 heterocycles. The number of hydrogen-bond donors (Lipinski definition) is 0. The molecule has 3 atom stereocenters. The molecule has 0 heteroatoms. The average molecular weight is 895 g/mol. The van der Waals surface area contributed by atoms with Crippen molar-refractivity contribution in [3.05, 3.63) is 321 Å². The summed E-state index contributed by atoms with van der Waals surface area (Å²) in [5.41, 5.74) is 26.9. The summed E-state index contributed by atoms with van der Waals surface area (Å²) in [7, 11) is 0. The Morgan fingerprint density at radius 1 is 0.371 bits per heavy atom. The van der Waals surface area contributed by atoms with Crippen molar-refractivity contribution in [3.8, 4) is 33.4 Å². The van der Waals surface area contributed by atoms with Gasteiger partial charge in [-0.3, -0.25) is 0 Å². The van der Waals surface area contributed by atoms with Crippen LogP contribution in [0.1, 0.15) is 97.2 Å². The molecule has 0 bridgehead atoms. The van der Waals surface area contributed by atoms with E-state index in [0.717, 1.165) is 12.8 Å². The van der Waals surface area contributed by atoms with E-state index in [1.54, 1.807) is 11.1 Å². The molecular formula is C70H54. The lowest BCUT2D eigenvalue weighted by molar-refractivity contribution is 0.487. The van der Waals surface area contributed by atoms with Crippen molar-refractivity contribution in [3.63, 3.8) is 0 Å². The number of fused-ring (bicyclic) bond motifs is 11. The van der Waals surface area contributed by atoms with E-state index in [0.29, 0.717) is 5.92 Å². The predicted octanol–water partition coefficient (Wildman–Crippen LogP) is 16.6. The highest BCUT2D eigenvalue weighted by Crippen LogP contribution is 2.61. The third-order valence-electron chi connectivity index (χ3n) is 17.2. The average Bonchev–Trinajstić information content (AvgIpc) is 4.14. The molecule has 4 aliphatic carbocycles. The lowest BCUT2D eigenvalue weighted by Gasteiger charge is -2.34. The molecule has 0 aromatic heterocycles. The SMILES string of the molecule is Cc1ccc2c(c1)C1(CCC(Cc3cccc4c3-c3ccccc3C4(c3ccccc3)c3ccc(Cc4ccc5c(c4)-c4ccccc4C5(c4ccccc4)c4ccccc4)cc3)C1)c1ccccc1-2. The predicted molar refractivity (Wildman–Crippen MR) is 289 cm³/mol. The van der Waals surface area contributed by atoms with E-state index in [2.05, 4.69) is 250 Å². The molecule has 4 aliphatic rings. The van der Waals surface area contributed by atoms with Gasteiger partial charge < -0.3 is 0 Å². The Kier molecular flexibility index (Phi) is 9.34. The van der Waals surface area contributed by atoms with Gasteiger partial charge in [-0.05, 0) is 151 Å². The maximum atomic E-state index is 2.50. The van der Waals surface area contributed by atoms with Crippen LogP contribution in [0.25, 0.3) is 33.4 Å². The highest BCUT2D eigenvalue weighted by Gasteiger charge is 2.50. The van der Waals surface area contributed by atoms with Gasteiger partial charge in [-0.25, -0.2) is 0 Å². The number of aryl methyl sites for hydroxylation is 1. The Morgan fingerprint density at radius 2 is 0.871 bits per heavy atom. The minimum absolute atomic E-state index is 0.0905. The Hall–Kier alpha value is -7.80. The van der Waals surface area contributed by atoms with Crippen LogP contribution in [-0.4, -0.2) is 0 Å². The fraction of sp³-hybridized carbons (Fsp3) is 0.143. The summed E-state index contributed by atoms with van der Waals surface area (Å²) in [4.78, 5) is 0. The van der Waals surface area contributed by atoms with Gasteiger partial charge in [0.05, 0.1) is 10.8 Å². The number of benzene rings is 10. The standard InChI is InChI=1S/C70H54/c1-47-32-38-58-56-25-11-14-28-61(56)68(66(58)42-47)41-40-50(46-68)44-51-18-17-31-65-67(51)59-27-13-16-30-63(59)70(65,54-23-9-4-10-24-54)55-36-33-48(34-37-55)43-49-35-39-64-60(45-49)57-26-12-15-29-62(57)69(64,52-19-5-2-6-20-52)53-21-7-3-8-22-53/h2-39,42,45,50H,40-41,43-44,46H2,1H3. The van der Waals surface area contributed by atoms with Crippen molar-refractivity contribution in [2.24, 2.45) is 5.92 Å². The summed E-state index contributed by atoms with van der Waals surface area (Å²) in [6.45, 7) is 2.26. The normalized spacial score (nSPS) is 19.5. The summed E-state index contributed by atoms with van der Waals surface area (Å²) in [5, 5.41) is 0. The fourth-order valence-corrected chi connectivity index (χ4v) is 14.5. The maximum Gasteiger partial charge on any atom is 0.0713 e. The largest absolute Gasteiger partial charge is 0.0713 e. The van der Waals surface area contributed by atoms with Gasteiger partial charge in [-0.2, -0.15) is 0 Å². The smallest absolute Gasteiger partial charge is 0.0622 e. The number of rotatable bonds is 8. The van der Waals surface area contributed by atoms with Gasteiger partial charge in [0.15, 0.2) is 0 Å². The molecule has 0 saturated heterocycles. The van der Waals surface area contributed by atoms with Crippen molar-refractivity contribution >= 4 is 0 Å². The second kappa shape index (κ2) is 15.9. The third-order valence-corrected chi connectivity index (χ3v) is 17.2. The molecule has 0 nitrogen and oxygen atoms in total. The van der Waals surface area contributed by atoms with Gasteiger partial charge in [0.2, 0.25) is 0 Å². The molecule has 0 radical (unpaired) electrons. The Labute approximate surface area is 413 Å². The van der Waals surface area contributed by atoms with Gasteiger partial charge in [-0.1, -0.05) is 248 Å². The molecule has 14 rings (SSSR count). The molecule has 1 fully saturated rings. The Morgan fingerprint density at radius 3 is 1.54 bits per heavy atom. The van der Waals surface area contributed by atoms with Crippen molar-refractivity contribution in [1.29, 1.82) is 0 Å². The zero-order chi connectivity index (χ0) is 46.4. The van der Waals surface area contributed by atoms with E-state index in [4.69, 9.17) is 0 Å². The first kappa shape index (κ1) is 41.2. The van der Waals surface area contributed by atoms with Crippen LogP contribution >= 0.6 is 0 Å². The van der Waals surface area contributed by atoms with Crippen LogP contribution in [0, 0.1) is 12.8 Å². The first-order valence-corrected chi connectivity index (χ1v) is 25.5. The minimum Gasteiger partial charge on any atom is -0.0622 e. The monoisotopic (exact) mass is 894 g/mol. The van der Waals surface area contributed by atoms with Gasteiger partial charge in [-0.15, -0.1) is 0 Å². The van der Waals surface area contributed by atoms with Crippen molar-refractivity contribution in [2.75, 3.05) is 0 Å². The van der Waals surface area contributed by atoms with E-state index in [1.807, 2.05) is 0 Å². The second-order valence-corrected chi connectivity index (χ2v) is 20.8. The molecule has 1 saturated carbocycles. The molecule has 0 N–H and O–H groups in total. The van der Waals surface area contributed by atoms with Crippen LogP contribution in [0.3, 0.4) is 0 Å². The van der Waals surface area contributed by atoms with Crippen molar-refractivity contribution < 1.29 is 0 Å². The molecule has 1 spiro atoms. The molecule has 334 valence electrons. The number of hydrogen-bond acceptors (Lipinski definition) is 0. The first-order chi connectivity index (χ1) is 34.6. The molecule has 10 aromatic carbocycles. The minimum atomic E-state index is -0.449. The summed E-state index contributed by atoms with van der Waals surface area (Å²) in [5.74, 6) is 0.588. The summed E-state index contributed by atoms with van der Waals surface area (Å²) in [6, 6.07) is 92.6. The van der Waals surface area contributed by atoms with E-state index < -0.39 is 5.41 Å². The van der Waals surface area contributed by atoms with Gasteiger partial charge in [0.1, 0.15) is 0 Å². The van der Waals surface area contributed by atoms with Gasteiger partial charge in [0.25, 0.3) is 0 Å². The topological polar surface area (TPSA) is 0 Å². The van der Waals surface area contributed by atoms with E-state index in [9.17, 15) is 0 Å². The molecule has 3 unspecified atom stereocenters. The summed E-state index contributed by atoms with van der Waals surface area (Å²) >= 11 is 0. The van der Waals surface area contributed by atoms with Crippen LogP contribution in [0.5, 0.6) is 0 Å². The van der Waals surface area contributed by atoms with Crippen LogP contribution in [0.15, 0.2) is 243 Å². The Balaban J connectivity index is 0.836. The second-order valence-electron chi connectivity index (χ2n) is 20.8. The highest BCUT2D eigenvalue weighted by atomic mass is 14.5. The summed E-state index contributed by atoms with van der Waals surface area (Å²) in [6.07, 6.45) is 5.56. The van der Waals surface area contributed by atoms with Crippen LogP contribution in [0.4, 0.5) is 0 Å². The zero-order valence-corrected chi connectivity index (χ0v) is 39.7. The summed E-state index contributed by atoms with van der Waals surface area (Å²) < 4.78 is 0. The van der Waals surface area contributed by atoms with E-state index in [-0.39, 0.29) is 10.8 Å². The first-order valence-electron chi connectivity index (χ1n) is 25.5.